The molecular weight excluding hydrogens is 214 g/mol. The first-order chi connectivity index (χ1) is 8.24. The maximum absolute atomic E-state index is 11.4. The number of likely N-dealkylation sites (tertiary alicyclic amines) is 1. The Balaban J connectivity index is 1.62. The molecule has 0 aromatic carbocycles. The highest BCUT2D eigenvalue weighted by Gasteiger charge is 2.38. The summed E-state index contributed by atoms with van der Waals surface area (Å²) in [5, 5.41) is 3.14. The van der Waals surface area contributed by atoms with Gasteiger partial charge in [0, 0.05) is 37.6 Å². The maximum Gasteiger partial charge on any atom is 0.220 e. The molecule has 1 saturated carbocycles. The first-order valence-electron chi connectivity index (χ1n) is 7.03. The molecule has 2 aliphatic heterocycles. The molecular formula is C13H23N3O. The number of carbonyl (C=O) groups excluding carboxylic acids is 1. The molecule has 96 valence electrons. The van der Waals surface area contributed by atoms with Crippen LogP contribution in [0.15, 0.2) is 0 Å². The van der Waals surface area contributed by atoms with Crippen LogP contribution in [0.3, 0.4) is 0 Å². The molecule has 3 N–H and O–H groups in total. The van der Waals surface area contributed by atoms with Crippen LogP contribution < -0.4 is 11.1 Å². The van der Waals surface area contributed by atoms with Crippen molar-refractivity contribution in [2.75, 3.05) is 13.1 Å². The summed E-state index contributed by atoms with van der Waals surface area (Å²) in [4.78, 5) is 14.0. The molecule has 0 bridgehead atoms. The summed E-state index contributed by atoms with van der Waals surface area (Å²) in [6.07, 6.45) is 6.63. The number of hydrogen-bond donors (Lipinski definition) is 2. The minimum absolute atomic E-state index is 0.247. The van der Waals surface area contributed by atoms with Crippen LogP contribution in [0.1, 0.15) is 38.5 Å². The summed E-state index contributed by atoms with van der Waals surface area (Å²) in [6, 6.07) is 1.42. The largest absolute Gasteiger partial charge is 0.353 e. The van der Waals surface area contributed by atoms with Gasteiger partial charge in [0.05, 0.1) is 0 Å². The van der Waals surface area contributed by atoms with Gasteiger partial charge in [-0.05, 0) is 31.6 Å². The molecule has 3 rings (SSSR count). The van der Waals surface area contributed by atoms with E-state index in [0.717, 1.165) is 25.9 Å². The van der Waals surface area contributed by atoms with Gasteiger partial charge in [-0.25, -0.2) is 0 Å². The Labute approximate surface area is 103 Å². The standard InChI is InChI=1S/C13H23N3O/c14-10-2-1-3-12(10)16-7-6-11-9(8-16)4-5-13(17)15-11/h9-12H,1-8,14H2,(H,15,17). The van der Waals surface area contributed by atoms with Crippen LogP contribution in [-0.4, -0.2) is 42.0 Å². The molecule has 3 aliphatic rings. The Morgan fingerprint density at radius 2 is 2.12 bits per heavy atom. The van der Waals surface area contributed by atoms with Gasteiger partial charge in [0.2, 0.25) is 5.91 Å². The zero-order valence-corrected chi connectivity index (χ0v) is 10.4. The number of rotatable bonds is 1. The van der Waals surface area contributed by atoms with Gasteiger partial charge in [-0.1, -0.05) is 6.42 Å². The minimum atomic E-state index is 0.247. The number of fused-ring (bicyclic) bond motifs is 1. The molecule has 4 nitrogen and oxygen atoms in total. The van der Waals surface area contributed by atoms with Crippen LogP contribution in [0.2, 0.25) is 0 Å². The number of hydrogen-bond acceptors (Lipinski definition) is 3. The molecule has 0 spiro atoms. The summed E-state index contributed by atoms with van der Waals surface area (Å²) in [7, 11) is 0. The lowest BCUT2D eigenvalue weighted by atomic mass is 9.84. The van der Waals surface area contributed by atoms with Gasteiger partial charge in [0.15, 0.2) is 0 Å². The summed E-state index contributed by atoms with van der Waals surface area (Å²) in [6.45, 7) is 2.25. The molecule has 4 atom stereocenters. The molecule has 2 saturated heterocycles. The second kappa shape index (κ2) is 4.58. The molecule has 0 radical (unpaired) electrons. The molecule has 2 heterocycles. The fourth-order valence-corrected chi connectivity index (χ4v) is 3.86. The van der Waals surface area contributed by atoms with Gasteiger partial charge >= 0.3 is 0 Å². The van der Waals surface area contributed by atoms with Crippen molar-refractivity contribution in [3.05, 3.63) is 0 Å². The van der Waals surface area contributed by atoms with Crippen molar-refractivity contribution in [3.63, 3.8) is 0 Å². The average Bonchev–Trinajstić information content (AvgIpc) is 2.75. The van der Waals surface area contributed by atoms with E-state index in [1.54, 1.807) is 0 Å². The number of nitrogens with two attached hydrogens (primary N) is 1. The molecule has 4 unspecified atom stereocenters. The fourth-order valence-electron chi connectivity index (χ4n) is 3.86. The van der Waals surface area contributed by atoms with Gasteiger partial charge in [-0.3, -0.25) is 9.69 Å². The fraction of sp³-hybridized carbons (Fsp3) is 0.923. The van der Waals surface area contributed by atoms with Crippen LogP contribution in [0.25, 0.3) is 0 Å². The Morgan fingerprint density at radius 3 is 2.88 bits per heavy atom. The van der Waals surface area contributed by atoms with Crippen molar-refractivity contribution in [3.8, 4) is 0 Å². The Bertz CT molecular complexity index is 307. The van der Waals surface area contributed by atoms with Gasteiger partial charge in [-0.2, -0.15) is 0 Å². The van der Waals surface area contributed by atoms with E-state index in [0.29, 0.717) is 30.5 Å². The van der Waals surface area contributed by atoms with Crippen molar-refractivity contribution < 1.29 is 4.79 Å². The van der Waals surface area contributed by atoms with Crippen molar-refractivity contribution in [1.82, 2.24) is 10.2 Å². The smallest absolute Gasteiger partial charge is 0.220 e. The zero-order chi connectivity index (χ0) is 11.8. The normalized spacial score (nSPS) is 43.2. The molecule has 0 aromatic rings. The lowest BCUT2D eigenvalue weighted by Gasteiger charge is -2.44. The average molecular weight is 237 g/mol. The summed E-state index contributed by atoms with van der Waals surface area (Å²) in [5.74, 6) is 0.909. The van der Waals surface area contributed by atoms with E-state index in [1.807, 2.05) is 0 Å². The van der Waals surface area contributed by atoms with E-state index < -0.39 is 0 Å². The quantitative estimate of drug-likeness (QED) is 0.697. The van der Waals surface area contributed by atoms with Gasteiger partial charge < -0.3 is 11.1 Å². The lowest BCUT2D eigenvalue weighted by molar-refractivity contribution is -0.125. The first-order valence-corrected chi connectivity index (χ1v) is 7.03. The number of nitrogens with zero attached hydrogens (tertiary/aromatic N) is 1. The van der Waals surface area contributed by atoms with E-state index in [1.165, 1.54) is 19.3 Å². The Hall–Kier alpha value is -0.610. The summed E-state index contributed by atoms with van der Waals surface area (Å²) < 4.78 is 0. The van der Waals surface area contributed by atoms with Crippen LogP contribution in [0, 0.1) is 5.92 Å². The van der Waals surface area contributed by atoms with E-state index in [9.17, 15) is 4.79 Å². The van der Waals surface area contributed by atoms with Crippen molar-refractivity contribution in [1.29, 1.82) is 0 Å². The zero-order valence-electron chi connectivity index (χ0n) is 10.4. The van der Waals surface area contributed by atoms with Crippen LogP contribution in [0.5, 0.6) is 0 Å². The number of amides is 1. The summed E-state index contributed by atoms with van der Waals surface area (Å²) in [5.41, 5.74) is 6.19. The highest BCUT2D eigenvalue weighted by Crippen LogP contribution is 2.30. The lowest BCUT2D eigenvalue weighted by Crippen LogP contribution is -2.57. The van der Waals surface area contributed by atoms with E-state index >= 15 is 0 Å². The highest BCUT2D eigenvalue weighted by molar-refractivity contribution is 5.77. The molecule has 1 amide bonds. The number of carbonyl (C=O) groups is 1. The van der Waals surface area contributed by atoms with Crippen LogP contribution in [-0.2, 0) is 4.79 Å². The number of piperidine rings is 2. The maximum atomic E-state index is 11.4. The third kappa shape index (κ3) is 2.20. The van der Waals surface area contributed by atoms with Crippen molar-refractivity contribution >= 4 is 5.91 Å². The van der Waals surface area contributed by atoms with E-state index in [-0.39, 0.29) is 5.91 Å². The third-order valence-corrected chi connectivity index (χ3v) is 4.85. The SMILES string of the molecule is NC1CCCC1N1CCC2NC(=O)CCC2C1. The molecule has 3 fully saturated rings. The summed E-state index contributed by atoms with van der Waals surface area (Å²) >= 11 is 0. The van der Waals surface area contributed by atoms with Gasteiger partial charge in [0.25, 0.3) is 0 Å². The topological polar surface area (TPSA) is 58.4 Å². The Morgan fingerprint density at radius 1 is 1.24 bits per heavy atom. The predicted molar refractivity (Wildman–Crippen MR) is 66.5 cm³/mol. The second-order valence-electron chi connectivity index (χ2n) is 5.92. The van der Waals surface area contributed by atoms with Crippen LogP contribution >= 0.6 is 0 Å². The molecule has 4 heteroatoms. The second-order valence-corrected chi connectivity index (χ2v) is 5.92. The molecule has 1 aliphatic carbocycles. The van der Waals surface area contributed by atoms with Crippen LogP contribution in [0.4, 0.5) is 0 Å². The van der Waals surface area contributed by atoms with Crippen molar-refractivity contribution in [2.45, 2.75) is 56.7 Å². The first kappa shape index (κ1) is 11.5. The number of nitrogens with one attached hydrogen (secondary N) is 1. The third-order valence-electron chi connectivity index (χ3n) is 4.85. The van der Waals surface area contributed by atoms with Gasteiger partial charge in [-0.15, -0.1) is 0 Å². The van der Waals surface area contributed by atoms with Gasteiger partial charge in [0.1, 0.15) is 0 Å². The Kier molecular flexibility index (Phi) is 3.09. The van der Waals surface area contributed by atoms with Crippen molar-refractivity contribution in [2.24, 2.45) is 11.7 Å². The molecule has 17 heavy (non-hydrogen) atoms. The molecule has 0 aromatic heterocycles. The monoisotopic (exact) mass is 237 g/mol. The van der Waals surface area contributed by atoms with E-state index in [2.05, 4.69) is 10.2 Å². The minimum Gasteiger partial charge on any atom is -0.353 e. The predicted octanol–water partition coefficient (Wildman–Crippen LogP) is 0.467. The highest BCUT2D eigenvalue weighted by atomic mass is 16.1. The van der Waals surface area contributed by atoms with E-state index in [4.69, 9.17) is 5.73 Å².